The molecule has 0 aliphatic carbocycles. The van der Waals surface area contributed by atoms with Gasteiger partial charge < -0.3 is 9.67 Å². The second-order valence-corrected chi connectivity index (χ2v) is 7.48. The summed E-state index contributed by atoms with van der Waals surface area (Å²) in [5.41, 5.74) is 4.53. The smallest absolute Gasteiger partial charge is 0.280 e. The minimum absolute atomic E-state index is 0.141. The molecular formula is C21H20N2O2S. The lowest BCUT2D eigenvalue weighted by atomic mass is 10.0. The van der Waals surface area contributed by atoms with Crippen LogP contribution in [0.1, 0.15) is 46.1 Å². The Hall–Kier alpha value is -2.66. The number of rotatable bonds is 5. The molecule has 0 bridgehead atoms. The highest BCUT2D eigenvalue weighted by Gasteiger charge is 2.36. The Bertz CT molecular complexity index is 996. The summed E-state index contributed by atoms with van der Waals surface area (Å²) < 4.78 is 1.87. The van der Waals surface area contributed by atoms with Crippen LogP contribution in [0.4, 0.5) is 0 Å². The molecule has 0 saturated carbocycles. The predicted molar refractivity (Wildman–Crippen MR) is 105 cm³/mol. The quantitative estimate of drug-likeness (QED) is 0.691. The summed E-state index contributed by atoms with van der Waals surface area (Å²) in [4.78, 5) is 17.9. The number of hydrogen-bond donors (Lipinski definition) is 1. The molecule has 2 aromatic heterocycles. The van der Waals surface area contributed by atoms with Crippen molar-refractivity contribution in [3.8, 4) is 17.1 Å². The molecule has 0 unspecified atom stereocenters. The number of amides is 1. The van der Waals surface area contributed by atoms with E-state index in [1.807, 2.05) is 53.3 Å². The number of aromatic nitrogens is 1. The molecule has 0 radical (unpaired) electrons. The highest BCUT2D eigenvalue weighted by molar-refractivity contribution is 7.12. The Balaban J connectivity index is 1.95. The maximum absolute atomic E-state index is 12.8. The first-order valence-electron chi connectivity index (χ1n) is 8.81. The summed E-state index contributed by atoms with van der Waals surface area (Å²) in [5, 5.41) is 12.9. The fourth-order valence-electron chi connectivity index (χ4n) is 3.39. The number of nitrogens with zero attached hydrogens (tertiary/aromatic N) is 2. The first-order chi connectivity index (χ1) is 12.6. The molecular weight excluding hydrogens is 344 g/mol. The fourth-order valence-corrected chi connectivity index (χ4v) is 4.11. The van der Waals surface area contributed by atoms with Gasteiger partial charge in [-0.05, 0) is 30.4 Å². The average molecular weight is 364 g/mol. The summed E-state index contributed by atoms with van der Waals surface area (Å²) >= 11 is 1.52. The van der Waals surface area contributed by atoms with Gasteiger partial charge in [0, 0.05) is 6.54 Å². The van der Waals surface area contributed by atoms with Crippen LogP contribution in [-0.2, 0) is 6.54 Å². The molecule has 1 N–H and O–H groups in total. The van der Waals surface area contributed by atoms with Gasteiger partial charge in [-0.15, -0.1) is 11.3 Å². The van der Waals surface area contributed by atoms with E-state index in [9.17, 15) is 9.90 Å². The lowest BCUT2D eigenvalue weighted by Crippen LogP contribution is -2.04. The second-order valence-electron chi connectivity index (χ2n) is 6.54. The summed E-state index contributed by atoms with van der Waals surface area (Å²) in [6, 6.07) is 11.9. The van der Waals surface area contributed by atoms with Crippen LogP contribution in [0.25, 0.3) is 11.3 Å². The summed E-state index contributed by atoms with van der Waals surface area (Å²) in [7, 11) is 0. The number of hydrogen-bond acceptors (Lipinski definition) is 3. The predicted octanol–water partition coefficient (Wildman–Crippen LogP) is 5.02. The molecule has 3 aromatic rings. The van der Waals surface area contributed by atoms with Gasteiger partial charge in [-0.1, -0.05) is 49.2 Å². The number of aryl methyl sites for hydroxylation is 1. The minimum atomic E-state index is -0.274. The topological polar surface area (TPSA) is 54.6 Å². The average Bonchev–Trinajstić information content (AvgIpc) is 3.33. The van der Waals surface area contributed by atoms with Crippen molar-refractivity contribution in [3.05, 3.63) is 63.3 Å². The van der Waals surface area contributed by atoms with Crippen LogP contribution in [0, 0.1) is 6.92 Å². The number of aromatic hydroxyl groups is 1. The molecule has 4 rings (SSSR count). The summed E-state index contributed by atoms with van der Waals surface area (Å²) in [6.45, 7) is 4.82. The zero-order valence-electron chi connectivity index (χ0n) is 14.8. The first-order valence-corrected chi connectivity index (χ1v) is 9.69. The van der Waals surface area contributed by atoms with Crippen LogP contribution < -0.4 is 0 Å². The monoisotopic (exact) mass is 364 g/mol. The molecule has 4 nitrogen and oxygen atoms in total. The van der Waals surface area contributed by atoms with Crippen molar-refractivity contribution in [1.29, 1.82) is 0 Å². The number of benzene rings is 1. The number of unbranched alkanes of at least 4 members (excludes halogenated alkanes) is 1. The molecule has 26 heavy (non-hydrogen) atoms. The Morgan fingerprint density at radius 3 is 2.58 bits per heavy atom. The van der Waals surface area contributed by atoms with Crippen molar-refractivity contribution >= 4 is 23.0 Å². The van der Waals surface area contributed by atoms with E-state index in [0.29, 0.717) is 23.4 Å². The normalized spacial score (nSPS) is 13.2. The molecule has 3 heterocycles. The molecule has 0 atom stereocenters. The van der Waals surface area contributed by atoms with Crippen LogP contribution in [0.2, 0.25) is 0 Å². The van der Waals surface area contributed by atoms with Crippen LogP contribution in [0.3, 0.4) is 0 Å². The van der Waals surface area contributed by atoms with E-state index < -0.39 is 0 Å². The second kappa shape index (κ2) is 6.57. The molecule has 0 fully saturated rings. The van der Waals surface area contributed by atoms with E-state index in [1.54, 1.807) is 0 Å². The van der Waals surface area contributed by atoms with Gasteiger partial charge in [0.15, 0.2) is 0 Å². The number of carbonyl (C=O) groups excluding carboxylic acids is 1. The lowest BCUT2D eigenvalue weighted by molar-refractivity contribution is 0.101. The van der Waals surface area contributed by atoms with Crippen LogP contribution in [0.15, 0.2) is 46.8 Å². The standard InChI is InChI=1S/C21H20N2O2S/c1-3-4-11-23-19(14-9-7-13(2)8-10-14)17-16(21(23)25)18(22-20(17)24)15-6-5-12-26-15/h5-10,12,25H,3-4,11H2,1-2H3. The minimum Gasteiger partial charge on any atom is -0.494 e. The van der Waals surface area contributed by atoms with Gasteiger partial charge >= 0.3 is 0 Å². The van der Waals surface area contributed by atoms with Crippen LogP contribution in [-0.4, -0.2) is 21.3 Å². The molecule has 1 aliphatic rings. The molecule has 1 aliphatic heterocycles. The third-order valence-corrected chi connectivity index (χ3v) is 5.59. The van der Waals surface area contributed by atoms with Crippen molar-refractivity contribution in [1.82, 2.24) is 4.57 Å². The lowest BCUT2D eigenvalue weighted by Gasteiger charge is -2.12. The van der Waals surface area contributed by atoms with Gasteiger partial charge in [-0.2, -0.15) is 0 Å². The van der Waals surface area contributed by atoms with E-state index in [-0.39, 0.29) is 11.8 Å². The Labute approximate surface area is 156 Å². The summed E-state index contributed by atoms with van der Waals surface area (Å²) in [6.07, 6.45) is 1.94. The van der Waals surface area contributed by atoms with E-state index in [4.69, 9.17) is 0 Å². The van der Waals surface area contributed by atoms with Gasteiger partial charge in [0.25, 0.3) is 5.91 Å². The number of carbonyl (C=O) groups is 1. The van der Waals surface area contributed by atoms with Gasteiger partial charge in [0.1, 0.15) is 0 Å². The van der Waals surface area contributed by atoms with Gasteiger partial charge in [-0.25, -0.2) is 4.99 Å². The van der Waals surface area contributed by atoms with Crippen molar-refractivity contribution < 1.29 is 9.90 Å². The first kappa shape index (κ1) is 16.8. The zero-order chi connectivity index (χ0) is 18.3. The fraction of sp³-hybridized carbons (Fsp3) is 0.238. The van der Waals surface area contributed by atoms with Gasteiger partial charge in [-0.3, -0.25) is 4.79 Å². The van der Waals surface area contributed by atoms with Crippen molar-refractivity contribution in [2.24, 2.45) is 4.99 Å². The van der Waals surface area contributed by atoms with Crippen LogP contribution >= 0.6 is 11.3 Å². The van der Waals surface area contributed by atoms with Crippen LogP contribution in [0.5, 0.6) is 5.88 Å². The molecule has 132 valence electrons. The van der Waals surface area contributed by atoms with Crippen molar-refractivity contribution in [2.45, 2.75) is 33.2 Å². The third kappa shape index (κ3) is 2.59. The number of fused-ring (bicyclic) bond motifs is 1. The number of aliphatic imine (C=N–C) groups is 1. The molecule has 1 aromatic carbocycles. The Kier molecular flexibility index (Phi) is 4.24. The molecule has 0 saturated heterocycles. The SMILES string of the molecule is CCCCn1c(O)c2c(c1-c1ccc(C)cc1)C(=O)N=C2c1cccs1. The van der Waals surface area contributed by atoms with Gasteiger partial charge in [0.2, 0.25) is 5.88 Å². The van der Waals surface area contributed by atoms with E-state index in [2.05, 4.69) is 11.9 Å². The Morgan fingerprint density at radius 1 is 1.15 bits per heavy atom. The number of thiophene rings is 1. The largest absolute Gasteiger partial charge is 0.494 e. The highest BCUT2D eigenvalue weighted by Crippen LogP contribution is 2.41. The van der Waals surface area contributed by atoms with E-state index >= 15 is 0 Å². The van der Waals surface area contributed by atoms with Crippen molar-refractivity contribution in [3.63, 3.8) is 0 Å². The maximum Gasteiger partial charge on any atom is 0.280 e. The van der Waals surface area contributed by atoms with E-state index in [0.717, 1.165) is 34.5 Å². The molecule has 0 spiro atoms. The summed E-state index contributed by atoms with van der Waals surface area (Å²) in [5.74, 6) is -0.133. The zero-order valence-corrected chi connectivity index (χ0v) is 15.6. The van der Waals surface area contributed by atoms with E-state index in [1.165, 1.54) is 11.3 Å². The third-order valence-electron chi connectivity index (χ3n) is 4.71. The highest BCUT2D eigenvalue weighted by atomic mass is 32.1. The maximum atomic E-state index is 12.8. The molecule has 5 heteroatoms. The van der Waals surface area contributed by atoms with Crippen molar-refractivity contribution in [2.75, 3.05) is 0 Å². The molecule has 1 amide bonds. The Morgan fingerprint density at radius 2 is 1.92 bits per heavy atom. The van der Waals surface area contributed by atoms with Gasteiger partial charge in [0.05, 0.1) is 27.4 Å².